The zero-order valence-electron chi connectivity index (χ0n) is 13.4. The van der Waals surface area contributed by atoms with Crippen LogP contribution in [0.15, 0.2) is 24.4 Å². The van der Waals surface area contributed by atoms with Crippen LogP contribution in [0.3, 0.4) is 0 Å². The van der Waals surface area contributed by atoms with E-state index in [-0.39, 0.29) is 27.4 Å². The molecule has 0 bridgehead atoms. The highest BCUT2D eigenvalue weighted by Crippen LogP contribution is 2.32. The molecule has 1 heterocycles. The summed E-state index contributed by atoms with van der Waals surface area (Å²) in [6.45, 7) is 0. The molecule has 0 saturated carbocycles. The summed E-state index contributed by atoms with van der Waals surface area (Å²) in [5.41, 5.74) is 0.735. The van der Waals surface area contributed by atoms with Gasteiger partial charge in [0, 0.05) is 7.05 Å². The summed E-state index contributed by atoms with van der Waals surface area (Å²) in [5, 5.41) is 3.05. The second kappa shape index (κ2) is 7.42. The topological polar surface area (TPSA) is 101 Å². The Morgan fingerprint density at radius 2 is 2.00 bits per heavy atom. The number of sulfonamides is 1. The van der Waals surface area contributed by atoms with E-state index < -0.39 is 16.0 Å². The molecule has 134 valence electrons. The van der Waals surface area contributed by atoms with Gasteiger partial charge in [-0.25, -0.2) is 18.2 Å². The van der Waals surface area contributed by atoms with E-state index in [1.807, 2.05) is 0 Å². The molecule has 0 aliphatic heterocycles. The Morgan fingerprint density at radius 3 is 2.60 bits per heavy atom. The number of nitrogens with zero attached hydrogens (tertiary/aromatic N) is 3. The van der Waals surface area contributed by atoms with E-state index in [2.05, 4.69) is 20.0 Å². The van der Waals surface area contributed by atoms with Crippen molar-refractivity contribution in [1.29, 1.82) is 0 Å². The molecule has 0 fully saturated rings. The molecule has 0 spiro atoms. The molecule has 1 aromatic carbocycles. The molecule has 1 N–H and O–H groups in total. The average molecular weight is 405 g/mol. The van der Waals surface area contributed by atoms with Gasteiger partial charge in [-0.2, -0.15) is 4.98 Å². The third kappa shape index (κ3) is 4.50. The zero-order valence-corrected chi connectivity index (χ0v) is 15.8. The molecule has 1 aromatic heterocycles. The van der Waals surface area contributed by atoms with Crippen molar-refractivity contribution in [3.8, 4) is 0 Å². The Hall–Kier alpha value is -2.10. The SMILES string of the molecule is COC(=O)c1ccc(Nc2nc(Cl)ncc2Cl)c(N(C)S(C)(=O)=O)c1. The standard InChI is InChI=1S/C14H14Cl2N4O4S/c1-20(25(3,22)23)11-6-8(13(21)24-2)4-5-10(11)18-12-9(15)7-17-14(16)19-12/h4-7H,1-3H3,(H,17,18,19). The first-order valence-electron chi connectivity index (χ1n) is 6.75. The summed E-state index contributed by atoms with van der Waals surface area (Å²) in [5.74, 6) is -0.409. The van der Waals surface area contributed by atoms with Gasteiger partial charge in [-0.3, -0.25) is 4.31 Å². The summed E-state index contributed by atoms with van der Waals surface area (Å²) in [6.07, 6.45) is 2.35. The van der Waals surface area contributed by atoms with E-state index in [9.17, 15) is 13.2 Å². The molecule has 0 amide bonds. The molecule has 0 aliphatic carbocycles. The minimum atomic E-state index is -3.59. The minimum absolute atomic E-state index is 0.0314. The number of nitrogens with one attached hydrogen (secondary N) is 1. The molecule has 0 radical (unpaired) electrons. The number of carbonyl (C=O) groups excluding carboxylic acids is 1. The van der Waals surface area contributed by atoms with E-state index in [0.29, 0.717) is 5.69 Å². The maximum absolute atomic E-state index is 11.9. The second-order valence-electron chi connectivity index (χ2n) is 4.91. The quantitative estimate of drug-likeness (QED) is 0.603. The van der Waals surface area contributed by atoms with Crippen molar-refractivity contribution in [3.05, 3.63) is 40.3 Å². The third-order valence-corrected chi connectivity index (χ3v) is 4.87. The van der Waals surface area contributed by atoms with Crippen molar-refractivity contribution in [3.63, 3.8) is 0 Å². The number of benzene rings is 1. The summed E-state index contributed by atoms with van der Waals surface area (Å²) in [4.78, 5) is 19.4. The molecule has 0 atom stereocenters. The minimum Gasteiger partial charge on any atom is -0.465 e. The van der Waals surface area contributed by atoms with Gasteiger partial charge >= 0.3 is 5.97 Å². The maximum Gasteiger partial charge on any atom is 0.337 e. The number of rotatable bonds is 5. The molecular weight excluding hydrogens is 391 g/mol. The van der Waals surface area contributed by atoms with Gasteiger partial charge in [0.2, 0.25) is 15.3 Å². The van der Waals surface area contributed by atoms with Crippen LogP contribution in [0.25, 0.3) is 0 Å². The monoisotopic (exact) mass is 404 g/mol. The number of ether oxygens (including phenoxy) is 1. The highest BCUT2D eigenvalue weighted by Gasteiger charge is 2.19. The predicted molar refractivity (Wildman–Crippen MR) is 96.4 cm³/mol. The molecule has 0 aliphatic rings. The highest BCUT2D eigenvalue weighted by molar-refractivity contribution is 7.92. The van der Waals surface area contributed by atoms with Gasteiger partial charge in [0.15, 0.2) is 5.82 Å². The van der Waals surface area contributed by atoms with Crippen LogP contribution < -0.4 is 9.62 Å². The van der Waals surface area contributed by atoms with Crippen LogP contribution in [0.5, 0.6) is 0 Å². The number of carbonyl (C=O) groups is 1. The van der Waals surface area contributed by atoms with Gasteiger partial charge in [0.05, 0.1) is 36.5 Å². The summed E-state index contributed by atoms with van der Waals surface area (Å²) >= 11 is 11.8. The van der Waals surface area contributed by atoms with E-state index in [1.165, 1.54) is 38.6 Å². The van der Waals surface area contributed by atoms with Gasteiger partial charge in [0.1, 0.15) is 5.02 Å². The van der Waals surface area contributed by atoms with Crippen LogP contribution in [0, 0.1) is 0 Å². The Morgan fingerprint density at radius 1 is 1.32 bits per heavy atom. The van der Waals surface area contributed by atoms with Crippen molar-refractivity contribution in [2.75, 3.05) is 30.0 Å². The van der Waals surface area contributed by atoms with E-state index in [0.717, 1.165) is 10.6 Å². The number of methoxy groups -OCH3 is 1. The largest absolute Gasteiger partial charge is 0.465 e. The molecule has 0 unspecified atom stereocenters. The Kier molecular flexibility index (Phi) is 5.71. The van der Waals surface area contributed by atoms with Crippen molar-refractivity contribution >= 4 is 56.4 Å². The number of halogens is 2. The van der Waals surface area contributed by atoms with Crippen molar-refractivity contribution in [1.82, 2.24) is 9.97 Å². The smallest absolute Gasteiger partial charge is 0.337 e. The van der Waals surface area contributed by atoms with Gasteiger partial charge in [0.25, 0.3) is 0 Å². The average Bonchev–Trinajstić information content (AvgIpc) is 2.56. The summed E-state index contributed by atoms with van der Waals surface area (Å²) in [6, 6.07) is 4.37. The number of anilines is 3. The summed E-state index contributed by atoms with van der Waals surface area (Å²) < 4.78 is 29.5. The van der Waals surface area contributed by atoms with Gasteiger partial charge in [-0.15, -0.1) is 0 Å². The van der Waals surface area contributed by atoms with E-state index in [4.69, 9.17) is 23.2 Å². The Bertz CT molecular complexity index is 921. The lowest BCUT2D eigenvalue weighted by atomic mass is 10.1. The van der Waals surface area contributed by atoms with Crippen LogP contribution in [-0.4, -0.2) is 44.8 Å². The Balaban J connectivity index is 2.56. The van der Waals surface area contributed by atoms with Crippen LogP contribution in [-0.2, 0) is 14.8 Å². The van der Waals surface area contributed by atoms with Crippen molar-refractivity contribution < 1.29 is 17.9 Å². The van der Waals surface area contributed by atoms with E-state index in [1.54, 1.807) is 0 Å². The molecule has 8 nitrogen and oxygen atoms in total. The summed E-state index contributed by atoms with van der Waals surface area (Å²) in [7, 11) is -1.00. The van der Waals surface area contributed by atoms with Gasteiger partial charge < -0.3 is 10.1 Å². The van der Waals surface area contributed by atoms with Crippen molar-refractivity contribution in [2.45, 2.75) is 0 Å². The van der Waals surface area contributed by atoms with Crippen LogP contribution in [0.4, 0.5) is 17.2 Å². The number of esters is 1. The zero-order chi connectivity index (χ0) is 18.8. The fraction of sp³-hybridized carbons (Fsp3) is 0.214. The molecule has 0 saturated heterocycles. The number of aromatic nitrogens is 2. The fourth-order valence-corrected chi connectivity index (χ4v) is 2.66. The second-order valence-corrected chi connectivity index (χ2v) is 7.67. The number of hydrogen-bond donors (Lipinski definition) is 1. The first-order chi connectivity index (χ1) is 11.6. The molecule has 25 heavy (non-hydrogen) atoms. The lowest BCUT2D eigenvalue weighted by Gasteiger charge is -2.21. The first-order valence-corrected chi connectivity index (χ1v) is 9.35. The highest BCUT2D eigenvalue weighted by atomic mass is 35.5. The molecule has 2 aromatic rings. The van der Waals surface area contributed by atoms with Crippen LogP contribution in [0.2, 0.25) is 10.3 Å². The molecule has 11 heteroatoms. The lowest BCUT2D eigenvalue weighted by Crippen LogP contribution is -2.26. The van der Waals surface area contributed by atoms with Crippen LogP contribution >= 0.6 is 23.2 Å². The first kappa shape index (κ1) is 19.2. The number of hydrogen-bond acceptors (Lipinski definition) is 7. The van der Waals surface area contributed by atoms with Crippen molar-refractivity contribution in [2.24, 2.45) is 0 Å². The molecular formula is C14H14Cl2N4O4S. The maximum atomic E-state index is 11.9. The normalized spacial score (nSPS) is 11.1. The predicted octanol–water partition coefficient (Wildman–Crippen LogP) is 2.71. The van der Waals surface area contributed by atoms with E-state index >= 15 is 0 Å². The third-order valence-electron chi connectivity index (χ3n) is 3.22. The lowest BCUT2D eigenvalue weighted by molar-refractivity contribution is 0.0601. The Labute approximate surface area is 154 Å². The molecule has 2 rings (SSSR count). The van der Waals surface area contributed by atoms with Gasteiger partial charge in [-0.1, -0.05) is 11.6 Å². The fourth-order valence-electron chi connectivity index (χ4n) is 1.88. The van der Waals surface area contributed by atoms with Gasteiger partial charge in [-0.05, 0) is 29.8 Å². The van der Waals surface area contributed by atoms with Crippen LogP contribution in [0.1, 0.15) is 10.4 Å².